The Labute approximate surface area is 103 Å². The van der Waals surface area contributed by atoms with Crippen LogP contribution in [0.1, 0.15) is 26.7 Å². The number of hydrogen-bond acceptors (Lipinski definition) is 4. The lowest BCUT2D eigenvalue weighted by atomic mass is 10.00. The lowest BCUT2D eigenvalue weighted by Gasteiger charge is -2.44. The van der Waals surface area contributed by atoms with Crippen LogP contribution in [-0.2, 0) is 4.79 Å². The number of hydrogen-bond donors (Lipinski definition) is 2. The number of nitrogens with two attached hydrogens (primary N) is 1. The number of fused-ring (bicyclic) bond motifs is 1. The number of nitrogens with zero attached hydrogens (tertiary/aromatic N) is 2. The molecule has 3 atom stereocenters. The summed E-state index contributed by atoms with van der Waals surface area (Å²) in [7, 11) is 0. The molecule has 0 amide bonds. The smallest absolute Gasteiger partial charge is 0.324 e. The molecule has 17 heavy (non-hydrogen) atoms. The monoisotopic (exact) mass is 241 g/mol. The van der Waals surface area contributed by atoms with Crippen molar-refractivity contribution in [3.63, 3.8) is 0 Å². The van der Waals surface area contributed by atoms with Crippen LogP contribution in [0.5, 0.6) is 0 Å². The van der Waals surface area contributed by atoms with Crippen molar-refractivity contribution in [1.29, 1.82) is 0 Å². The summed E-state index contributed by atoms with van der Waals surface area (Å²) < 4.78 is 0. The quantitative estimate of drug-likeness (QED) is 0.725. The molecule has 0 bridgehead atoms. The standard InChI is InChI=1S/C12H23N3O2/c1-9-6-14-5-3-4-10(14)7-15(9)8-12(2,13)11(16)17/h9-10H,3-8,13H2,1-2H3,(H,16,17). The lowest BCUT2D eigenvalue weighted by Crippen LogP contribution is -2.61. The van der Waals surface area contributed by atoms with Gasteiger partial charge in [-0.1, -0.05) is 0 Å². The summed E-state index contributed by atoms with van der Waals surface area (Å²) >= 11 is 0. The molecule has 2 aliphatic rings. The summed E-state index contributed by atoms with van der Waals surface area (Å²) in [5.74, 6) is -0.918. The Morgan fingerprint density at radius 1 is 1.53 bits per heavy atom. The summed E-state index contributed by atoms with van der Waals surface area (Å²) in [5, 5.41) is 9.08. The molecule has 0 aromatic heterocycles. The fourth-order valence-electron chi connectivity index (χ4n) is 2.96. The van der Waals surface area contributed by atoms with Crippen molar-refractivity contribution in [2.45, 2.75) is 44.3 Å². The highest BCUT2D eigenvalue weighted by Crippen LogP contribution is 2.25. The summed E-state index contributed by atoms with van der Waals surface area (Å²) in [6.07, 6.45) is 2.50. The topological polar surface area (TPSA) is 69.8 Å². The van der Waals surface area contributed by atoms with Crippen LogP contribution in [0.4, 0.5) is 0 Å². The maximum Gasteiger partial charge on any atom is 0.324 e. The van der Waals surface area contributed by atoms with Crippen LogP contribution in [0.15, 0.2) is 0 Å². The van der Waals surface area contributed by atoms with E-state index in [4.69, 9.17) is 10.8 Å². The van der Waals surface area contributed by atoms with Gasteiger partial charge >= 0.3 is 5.97 Å². The van der Waals surface area contributed by atoms with Crippen LogP contribution >= 0.6 is 0 Å². The molecular formula is C12H23N3O2. The van der Waals surface area contributed by atoms with Crippen molar-refractivity contribution < 1.29 is 9.90 Å². The van der Waals surface area contributed by atoms with E-state index in [2.05, 4.69) is 16.7 Å². The van der Waals surface area contributed by atoms with Crippen molar-refractivity contribution in [1.82, 2.24) is 9.80 Å². The third-order valence-corrected chi connectivity index (χ3v) is 4.09. The fourth-order valence-corrected chi connectivity index (χ4v) is 2.96. The summed E-state index contributed by atoms with van der Waals surface area (Å²) in [6, 6.07) is 1.00. The van der Waals surface area contributed by atoms with Gasteiger partial charge in [-0.05, 0) is 33.2 Å². The second-order valence-electron chi connectivity index (χ2n) is 5.79. The SMILES string of the molecule is CC1CN2CCCC2CN1CC(C)(N)C(=O)O. The summed E-state index contributed by atoms with van der Waals surface area (Å²) in [6.45, 7) is 7.40. The van der Waals surface area contributed by atoms with Gasteiger partial charge in [-0.15, -0.1) is 0 Å². The van der Waals surface area contributed by atoms with Gasteiger partial charge in [-0.3, -0.25) is 14.6 Å². The Kier molecular flexibility index (Phi) is 3.43. The third-order valence-electron chi connectivity index (χ3n) is 4.09. The van der Waals surface area contributed by atoms with Gasteiger partial charge in [0.1, 0.15) is 5.54 Å². The minimum atomic E-state index is -1.14. The predicted octanol–water partition coefficient (Wildman–Crippen LogP) is -0.0431. The highest BCUT2D eigenvalue weighted by Gasteiger charge is 2.38. The van der Waals surface area contributed by atoms with Crippen molar-refractivity contribution in [2.75, 3.05) is 26.2 Å². The maximum atomic E-state index is 11.1. The van der Waals surface area contributed by atoms with E-state index >= 15 is 0 Å². The molecule has 0 aromatic rings. The molecule has 2 fully saturated rings. The number of rotatable bonds is 3. The highest BCUT2D eigenvalue weighted by atomic mass is 16.4. The minimum absolute atomic E-state index is 0.395. The number of carboxylic acid groups (broad SMARTS) is 1. The first kappa shape index (κ1) is 12.8. The third kappa shape index (κ3) is 2.61. The molecule has 2 heterocycles. The molecule has 5 heteroatoms. The maximum absolute atomic E-state index is 11.1. The van der Waals surface area contributed by atoms with Gasteiger partial charge in [0, 0.05) is 31.7 Å². The Morgan fingerprint density at radius 3 is 2.88 bits per heavy atom. The van der Waals surface area contributed by atoms with E-state index in [-0.39, 0.29) is 0 Å². The van der Waals surface area contributed by atoms with E-state index in [9.17, 15) is 4.79 Å². The molecule has 0 aromatic carbocycles. The Balaban J connectivity index is 1.99. The Morgan fingerprint density at radius 2 is 2.24 bits per heavy atom. The average molecular weight is 241 g/mol. The highest BCUT2D eigenvalue weighted by molar-refractivity contribution is 5.78. The van der Waals surface area contributed by atoms with Crippen molar-refractivity contribution in [2.24, 2.45) is 5.73 Å². The molecule has 2 aliphatic heterocycles. The number of aliphatic carboxylic acids is 1. The van der Waals surface area contributed by atoms with Crippen LogP contribution in [0, 0.1) is 0 Å². The first-order valence-electron chi connectivity index (χ1n) is 6.40. The Bertz CT molecular complexity index is 306. The van der Waals surface area contributed by atoms with Gasteiger partial charge in [-0.25, -0.2) is 0 Å². The Hall–Kier alpha value is -0.650. The number of carbonyl (C=O) groups is 1. The van der Waals surface area contributed by atoms with E-state index in [1.165, 1.54) is 19.4 Å². The lowest BCUT2D eigenvalue weighted by molar-refractivity contribution is -0.144. The normalized spacial score (nSPS) is 34.3. The van der Waals surface area contributed by atoms with Crippen molar-refractivity contribution in [3.8, 4) is 0 Å². The fraction of sp³-hybridized carbons (Fsp3) is 0.917. The average Bonchev–Trinajstić information content (AvgIpc) is 2.64. The summed E-state index contributed by atoms with van der Waals surface area (Å²) in [5.41, 5.74) is 4.69. The molecule has 3 N–H and O–H groups in total. The first-order chi connectivity index (χ1) is 7.90. The zero-order chi connectivity index (χ0) is 12.6. The molecule has 2 rings (SSSR count). The van der Waals surface area contributed by atoms with Crippen LogP contribution in [0.3, 0.4) is 0 Å². The van der Waals surface area contributed by atoms with Gasteiger partial charge in [0.25, 0.3) is 0 Å². The van der Waals surface area contributed by atoms with Gasteiger partial charge in [0.2, 0.25) is 0 Å². The molecule has 5 nitrogen and oxygen atoms in total. The van der Waals surface area contributed by atoms with Gasteiger partial charge in [-0.2, -0.15) is 0 Å². The summed E-state index contributed by atoms with van der Waals surface area (Å²) in [4.78, 5) is 15.8. The molecule has 0 radical (unpaired) electrons. The molecule has 0 aliphatic carbocycles. The molecular weight excluding hydrogens is 218 g/mol. The molecule has 3 unspecified atom stereocenters. The first-order valence-corrected chi connectivity index (χ1v) is 6.40. The van der Waals surface area contributed by atoms with Crippen LogP contribution in [-0.4, -0.2) is 64.7 Å². The second kappa shape index (κ2) is 4.55. The van der Waals surface area contributed by atoms with Gasteiger partial charge in [0.15, 0.2) is 0 Å². The second-order valence-corrected chi connectivity index (χ2v) is 5.79. The van der Waals surface area contributed by atoms with Crippen molar-refractivity contribution in [3.05, 3.63) is 0 Å². The van der Waals surface area contributed by atoms with E-state index in [1.54, 1.807) is 6.92 Å². The zero-order valence-corrected chi connectivity index (χ0v) is 10.7. The molecule has 0 spiro atoms. The number of piperazine rings is 1. The number of carboxylic acids is 1. The van der Waals surface area contributed by atoms with E-state index in [0.717, 1.165) is 13.1 Å². The van der Waals surface area contributed by atoms with Crippen molar-refractivity contribution >= 4 is 5.97 Å². The van der Waals surface area contributed by atoms with Crippen LogP contribution < -0.4 is 5.73 Å². The molecule has 98 valence electrons. The minimum Gasteiger partial charge on any atom is -0.480 e. The van der Waals surface area contributed by atoms with E-state index in [1.807, 2.05) is 0 Å². The predicted molar refractivity (Wildman–Crippen MR) is 65.9 cm³/mol. The van der Waals surface area contributed by atoms with Crippen LogP contribution in [0.2, 0.25) is 0 Å². The molecule has 2 saturated heterocycles. The molecule has 0 saturated carbocycles. The largest absolute Gasteiger partial charge is 0.480 e. The van der Waals surface area contributed by atoms with E-state index < -0.39 is 11.5 Å². The van der Waals surface area contributed by atoms with E-state index in [0.29, 0.717) is 18.6 Å². The zero-order valence-electron chi connectivity index (χ0n) is 10.7. The van der Waals surface area contributed by atoms with Crippen LogP contribution in [0.25, 0.3) is 0 Å². The van der Waals surface area contributed by atoms with Gasteiger partial charge in [0.05, 0.1) is 0 Å². The van der Waals surface area contributed by atoms with Gasteiger partial charge < -0.3 is 10.8 Å².